The fourth-order valence-corrected chi connectivity index (χ4v) is 2.62. The third-order valence-corrected chi connectivity index (χ3v) is 3.81. The van der Waals surface area contributed by atoms with E-state index in [-0.39, 0.29) is 0 Å². The molecule has 2 aromatic heterocycles. The maximum atomic E-state index is 5.79. The summed E-state index contributed by atoms with van der Waals surface area (Å²) in [6.45, 7) is 5.23. The largest absolute Gasteiger partial charge is 0.378 e. The second kappa shape index (κ2) is 5.75. The van der Waals surface area contributed by atoms with Crippen LogP contribution < -0.4 is 0 Å². The highest BCUT2D eigenvalue weighted by atomic mass is 16.5. The Morgan fingerprint density at radius 1 is 1.45 bits per heavy atom. The first kappa shape index (κ1) is 13.3. The van der Waals surface area contributed by atoms with E-state index in [1.165, 1.54) is 0 Å². The number of hydrogen-bond acceptors (Lipinski definition) is 5. The Balaban J connectivity index is 1.63. The van der Waals surface area contributed by atoms with Gasteiger partial charge in [0, 0.05) is 25.4 Å². The summed E-state index contributed by atoms with van der Waals surface area (Å²) in [7, 11) is 0. The first-order chi connectivity index (χ1) is 9.72. The molecule has 0 aliphatic carbocycles. The van der Waals surface area contributed by atoms with E-state index in [9.17, 15) is 0 Å². The minimum atomic E-state index is 0.348. The highest BCUT2D eigenvalue weighted by molar-refractivity contribution is 5.40. The van der Waals surface area contributed by atoms with E-state index in [0.29, 0.717) is 35.5 Å². The summed E-state index contributed by atoms with van der Waals surface area (Å²) in [5.74, 6) is 2.97. The highest BCUT2D eigenvalue weighted by Gasteiger charge is 2.26. The lowest BCUT2D eigenvalue weighted by Gasteiger charge is -2.31. The van der Waals surface area contributed by atoms with Gasteiger partial charge in [-0.1, -0.05) is 19.0 Å². The summed E-state index contributed by atoms with van der Waals surface area (Å²) >= 11 is 0. The maximum Gasteiger partial charge on any atom is 0.238 e. The second-order valence-corrected chi connectivity index (χ2v) is 5.70. The van der Waals surface area contributed by atoms with Crippen molar-refractivity contribution in [2.24, 2.45) is 11.8 Å². The number of nitrogens with one attached hydrogen (secondary N) is 1. The molecule has 0 saturated carbocycles. The Hall–Kier alpha value is -1.69. The van der Waals surface area contributed by atoms with Crippen molar-refractivity contribution < 1.29 is 9.26 Å². The standard InChI is InChI=1S/C14H20N4O2/c1-9(2)11-7-10(3-6-19-11)8-12-17-14(18-20-12)13-15-4-5-16-13/h4-5,9-11H,3,6-8H2,1-2H3,(H,15,16)/t10-,11+/m1/s1. The minimum Gasteiger partial charge on any atom is -0.378 e. The molecule has 0 bridgehead atoms. The third-order valence-electron chi connectivity index (χ3n) is 3.81. The lowest BCUT2D eigenvalue weighted by atomic mass is 9.88. The fourth-order valence-electron chi connectivity index (χ4n) is 2.62. The molecule has 1 fully saturated rings. The molecule has 0 unspecified atom stereocenters. The molecule has 6 nitrogen and oxygen atoms in total. The average molecular weight is 276 g/mol. The number of ether oxygens (including phenoxy) is 1. The Bertz CT molecular complexity index is 535. The molecule has 3 rings (SSSR count). The topological polar surface area (TPSA) is 76.8 Å². The predicted octanol–water partition coefficient (Wildman–Crippen LogP) is 2.45. The molecule has 1 aliphatic heterocycles. The molecular formula is C14H20N4O2. The number of nitrogens with zero attached hydrogens (tertiary/aromatic N) is 3. The summed E-state index contributed by atoms with van der Waals surface area (Å²) < 4.78 is 11.1. The molecule has 108 valence electrons. The quantitative estimate of drug-likeness (QED) is 0.928. The SMILES string of the molecule is CC(C)[C@@H]1C[C@H](Cc2nc(-c3ncc[nH]3)no2)CCO1. The molecule has 0 spiro atoms. The summed E-state index contributed by atoms with van der Waals surface area (Å²) in [6.07, 6.45) is 6.72. The molecule has 1 N–H and O–H groups in total. The molecule has 6 heteroatoms. The van der Waals surface area contributed by atoms with Crippen LogP contribution in [0.4, 0.5) is 0 Å². The number of imidazole rings is 1. The predicted molar refractivity (Wildman–Crippen MR) is 72.9 cm³/mol. The number of H-pyrrole nitrogens is 1. The summed E-state index contributed by atoms with van der Waals surface area (Å²) in [5, 5.41) is 3.97. The van der Waals surface area contributed by atoms with Crippen molar-refractivity contribution in [2.75, 3.05) is 6.61 Å². The Kier molecular flexibility index (Phi) is 3.82. The first-order valence-corrected chi connectivity index (χ1v) is 7.16. The third kappa shape index (κ3) is 2.90. The molecule has 1 aliphatic rings. The Morgan fingerprint density at radius 2 is 2.35 bits per heavy atom. The lowest BCUT2D eigenvalue weighted by Crippen LogP contribution is -2.30. The van der Waals surface area contributed by atoms with E-state index in [4.69, 9.17) is 9.26 Å². The van der Waals surface area contributed by atoms with Gasteiger partial charge in [0.25, 0.3) is 0 Å². The number of rotatable bonds is 4. The van der Waals surface area contributed by atoms with Gasteiger partial charge in [0.15, 0.2) is 5.82 Å². The Morgan fingerprint density at radius 3 is 3.10 bits per heavy atom. The molecular weight excluding hydrogens is 256 g/mol. The van der Waals surface area contributed by atoms with E-state index in [0.717, 1.165) is 25.9 Å². The second-order valence-electron chi connectivity index (χ2n) is 5.70. The number of aromatic nitrogens is 4. The van der Waals surface area contributed by atoms with Crippen LogP contribution in [0, 0.1) is 11.8 Å². The molecule has 20 heavy (non-hydrogen) atoms. The molecule has 0 radical (unpaired) electrons. The zero-order valence-electron chi connectivity index (χ0n) is 11.9. The Labute approximate surface area is 117 Å². The van der Waals surface area contributed by atoms with E-state index in [1.54, 1.807) is 12.4 Å². The average Bonchev–Trinajstić information content (AvgIpc) is 3.09. The lowest BCUT2D eigenvalue weighted by molar-refractivity contribution is -0.0349. The van der Waals surface area contributed by atoms with Crippen molar-refractivity contribution in [3.05, 3.63) is 18.3 Å². The molecule has 0 amide bonds. The zero-order chi connectivity index (χ0) is 13.9. The van der Waals surface area contributed by atoms with E-state index in [1.807, 2.05) is 0 Å². The van der Waals surface area contributed by atoms with Crippen LogP contribution in [0.15, 0.2) is 16.9 Å². The minimum absolute atomic E-state index is 0.348. The van der Waals surface area contributed by atoms with Crippen molar-refractivity contribution in [2.45, 2.75) is 39.2 Å². The van der Waals surface area contributed by atoms with Crippen molar-refractivity contribution in [3.8, 4) is 11.6 Å². The van der Waals surface area contributed by atoms with Gasteiger partial charge in [-0.15, -0.1) is 0 Å². The smallest absolute Gasteiger partial charge is 0.238 e. The van der Waals surface area contributed by atoms with Gasteiger partial charge < -0.3 is 14.2 Å². The number of hydrogen-bond donors (Lipinski definition) is 1. The van der Waals surface area contributed by atoms with Gasteiger partial charge >= 0.3 is 0 Å². The first-order valence-electron chi connectivity index (χ1n) is 7.16. The summed E-state index contributed by atoms with van der Waals surface area (Å²) in [6, 6.07) is 0. The summed E-state index contributed by atoms with van der Waals surface area (Å²) in [4.78, 5) is 11.5. The van der Waals surface area contributed by atoms with Crippen LogP contribution in [0.2, 0.25) is 0 Å². The van der Waals surface area contributed by atoms with Gasteiger partial charge in [0.2, 0.25) is 11.7 Å². The van der Waals surface area contributed by atoms with Crippen LogP contribution in [-0.2, 0) is 11.2 Å². The van der Waals surface area contributed by atoms with Crippen LogP contribution >= 0.6 is 0 Å². The highest BCUT2D eigenvalue weighted by Crippen LogP contribution is 2.27. The monoisotopic (exact) mass is 276 g/mol. The van der Waals surface area contributed by atoms with Crippen molar-refractivity contribution in [1.29, 1.82) is 0 Å². The van der Waals surface area contributed by atoms with Crippen LogP contribution in [0.5, 0.6) is 0 Å². The van der Waals surface area contributed by atoms with Crippen LogP contribution in [0.3, 0.4) is 0 Å². The molecule has 2 aromatic rings. The van der Waals surface area contributed by atoms with Crippen LogP contribution in [-0.4, -0.2) is 32.8 Å². The van der Waals surface area contributed by atoms with Crippen molar-refractivity contribution in [1.82, 2.24) is 20.1 Å². The van der Waals surface area contributed by atoms with E-state index < -0.39 is 0 Å². The van der Waals surface area contributed by atoms with Gasteiger partial charge in [0.05, 0.1) is 6.10 Å². The molecule has 3 heterocycles. The van der Waals surface area contributed by atoms with E-state index in [2.05, 4.69) is 34.0 Å². The maximum absolute atomic E-state index is 5.79. The molecule has 1 saturated heterocycles. The van der Waals surface area contributed by atoms with Gasteiger partial charge in [-0.3, -0.25) is 0 Å². The number of aromatic amines is 1. The normalized spacial score (nSPS) is 23.4. The van der Waals surface area contributed by atoms with Gasteiger partial charge in [-0.05, 0) is 24.7 Å². The van der Waals surface area contributed by atoms with Gasteiger partial charge in [-0.2, -0.15) is 4.98 Å². The van der Waals surface area contributed by atoms with Crippen molar-refractivity contribution >= 4 is 0 Å². The van der Waals surface area contributed by atoms with E-state index >= 15 is 0 Å². The molecule has 0 aromatic carbocycles. The fraction of sp³-hybridized carbons (Fsp3) is 0.643. The van der Waals surface area contributed by atoms with Gasteiger partial charge in [0.1, 0.15) is 0 Å². The van der Waals surface area contributed by atoms with Crippen LogP contribution in [0.1, 0.15) is 32.6 Å². The van der Waals surface area contributed by atoms with Gasteiger partial charge in [-0.25, -0.2) is 4.98 Å². The van der Waals surface area contributed by atoms with Crippen LogP contribution in [0.25, 0.3) is 11.6 Å². The zero-order valence-corrected chi connectivity index (χ0v) is 11.9. The molecule has 2 atom stereocenters. The summed E-state index contributed by atoms with van der Waals surface area (Å²) in [5.41, 5.74) is 0. The van der Waals surface area contributed by atoms with Crippen molar-refractivity contribution in [3.63, 3.8) is 0 Å².